The lowest BCUT2D eigenvalue weighted by Gasteiger charge is -2.23. The van der Waals surface area contributed by atoms with Gasteiger partial charge in [0.05, 0.1) is 6.04 Å². The van der Waals surface area contributed by atoms with Crippen LogP contribution in [-0.2, 0) is 9.59 Å². The highest BCUT2D eigenvalue weighted by atomic mass is 35.5. The van der Waals surface area contributed by atoms with Crippen molar-refractivity contribution in [3.8, 4) is 0 Å². The largest absolute Gasteiger partial charge is 0.344 e. The number of nitrogens with zero attached hydrogens (tertiary/aromatic N) is 1. The second kappa shape index (κ2) is 7.52. The summed E-state index contributed by atoms with van der Waals surface area (Å²) in [6.07, 6.45) is 1.82. The molecule has 2 aromatic rings. The van der Waals surface area contributed by atoms with E-state index in [4.69, 9.17) is 11.6 Å². The summed E-state index contributed by atoms with van der Waals surface area (Å²) >= 11 is 5.99. The van der Waals surface area contributed by atoms with Crippen LogP contribution in [0.5, 0.6) is 0 Å². The maximum Gasteiger partial charge on any atom is 0.325 e. The number of benzene rings is 2. The Morgan fingerprint density at radius 2 is 1.76 bits per heavy atom. The lowest BCUT2D eigenvalue weighted by molar-refractivity contribution is -0.135. The van der Waals surface area contributed by atoms with Crippen LogP contribution in [0.2, 0.25) is 5.02 Å². The fourth-order valence-electron chi connectivity index (χ4n) is 3.81. The lowest BCUT2D eigenvalue weighted by Crippen LogP contribution is -2.47. The molecule has 0 aromatic heterocycles. The molecule has 4 rings (SSSR count). The molecule has 2 atom stereocenters. The number of hydrogen-bond acceptors (Lipinski definition) is 3. The first-order chi connectivity index (χ1) is 13.9. The van der Waals surface area contributed by atoms with Crippen LogP contribution in [0.15, 0.2) is 54.6 Å². The third kappa shape index (κ3) is 3.85. The van der Waals surface area contributed by atoms with Crippen LogP contribution < -0.4 is 10.6 Å². The molecule has 2 fully saturated rings. The minimum atomic E-state index is -0.896. The van der Waals surface area contributed by atoms with Gasteiger partial charge in [-0.05, 0) is 48.9 Å². The van der Waals surface area contributed by atoms with Crippen LogP contribution in [0.25, 0.3) is 0 Å². The van der Waals surface area contributed by atoms with E-state index in [-0.39, 0.29) is 18.4 Å². The number of amides is 4. The summed E-state index contributed by atoms with van der Waals surface area (Å²) in [5.41, 5.74) is 0.851. The second-order valence-electron chi connectivity index (χ2n) is 7.76. The van der Waals surface area contributed by atoms with Crippen LogP contribution >= 0.6 is 11.6 Å². The average molecular weight is 412 g/mol. The van der Waals surface area contributed by atoms with Gasteiger partial charge < -0.3 is 10.6 Å². The molecule has 1 saturated heterocycles. The summed E-state index contributed by atoms with van der Waals surface area (Å²) in [5, 5.41) is 6.32. The molecule has 6 nitrogen and oxygen atoms in total. The normalized spacial score (nSPS) is 22.3. The molecule has 7 heteroatoms. The molecule has 4 amide bonds. The molecule has 29 heavy (non-hydrogen) atoms. The van der Waals surface area contributed by atoms with Crippen molar-refractivity contribution in [3.63, 3.8) is 0 Å². The summed E-state index contributed by atoms with van der Waals surface area (Å²) in [4.78, 5) is 38.9. The minimum Gasteiger partial charge on any atom is -0.344 e. The number of imide groups is 1. The topological polar surface area (TPSA) is 78.5 Å². The van der Waals surface area contributed by atoms with E-state index in [2.05, 4.69) is 10.6 Å². The lowest BCUT2D eigenvalue weighted by atomic mass is 9.96. The van der Waals surface area contributed by atoms with Crippen LogP contribution in [0.1, 0.15) is 36.9 Å². The summed E-state index contributed by atoms with van der Waals surface area (Å²) in [6.45, 7) is 1.42. The molecule has 1 saturated carbocycles. The first-order valence-electron chi connectivity index (χ1n) is 9.62. The molecule has 1 aliphatic heterocycles. The minimum absolute atomic E-state index is 0.151. The second-order valence-corrected chi connectivity index (χ2v) is 8.20. The summed E-state index contributed by atoms with van der Waals surface area (Å²) in [6, 6.07) is 15.8. The SMILES string of the molecule is C[C@@]1(C2CC2)NC(=O)N(CC(=O)N[C@H](c2ccccc2)c2ccc(Cl)cc2)C1=O. The molecular formula is C22H22ClN3O3. The van der Waals surface area contributed by atoms with Gasteiger partial charge in [-0.2, -0.15) is 0 Å². The fraction of sp³-hybridized carbons (Fsp3) is 0.318. The number of rotatable bonds is 6. The van der Waals surface area contributed by atoms with Crippen molar-refractivity contribution < 1.29 is 14.4 Å². The number of carbonyl (C=O) groups is 3. The van der Waals surface area contributed by atoms with E-state index < -0.39 is 23.5 Å². The van der Waals surface area contributed by atoms with Gasteiger partial charge in [0.25, 0.3) is 5.91 Å². The van der Waals surface area contributed by atoms with E-state index in [0.29, 0.717) is 5.02 Å². The van der Waals surface area contributed by atoms with E-state index in [1.54, 1.807) is 19.1 Å². The fourth-order valence-corrected chi connectivity index (χ4v) is 3.93. The van der Waals surface area contributed by atoms with Crippen LogP contribution in [0.4, 0.5) is 4.79 Å². The van der Waals surface area contributed by atoms with Crippen molar-refractivity contribution in [1.82, 2.24) is 15.5 Å². The maximum atomic E-state index is 12.8. The maximum absolute atomic E-state index is 12.8. The molecular weight excluding hydrogens is 390 g/mol. The number of carbonyl (C=O) groups excluding carboxylic acids is 3. The molecule has 2 N–H and O–H groups in total. The van der Waals surface area contributed by atoms with E-state index >= 15 is 0 Å². The highest BCUT2D eigenvalue weighted by Crippen LogP contribution is 2.42. The van der Waals surface area contributed by atoms with Crippen molar-refractivity contribution in [2.75, 3.05) is 6.54 Å². The molecule has 1 heterocycles. The quantitative estimate of drug-likeness (QED) is 0.716. The van der Waals surface area contributed by atoms with Gasteiger partial charge in [0.1, 0.15) is 12.1 Å². The van der Waals surface area contributed by atoms with Gasteiger partial charge in [0.2, 0.25) is 5.91 Å². The predicted molar refractivity (Wildman–Crippen MR) is 109 cm³/mol. The van der Waals surface area contributed by atoms with Crippen LogP contribution in [0, 0.1) is 5.92 Å². The van der Waals surface area contributed by atoms with Gasteiger partial charge in [-0.3, -0.25) is 14.5 Å². The molecule has 0 unspecified atom stereocenters. The Morgan fingerprint density at radius 3 is 2.38 bits per heavy atom. The summed E-state index contributed by atoms with van der Waals surface area (Å²) in [7, 11) is 0. The molecule has 0 radical (unpaired) electrons. The van der Waals surface area contributed by atoms with Crippen molar-refractivity contribution in [2.24, 2.45) is 5.92 Å². The van der Waals surface area contributed by atoms with Crippen molar-refractivity contribution in [2.45, 2.75) is 31.3 Å². The van der Waals surface area contributed by atoms with Gasteiger partial charge in [0.15, 0.2) is 0 Å². The Balaban J connectivity index is 1.52. The number of urea groups is 1. The number of nitrogens with one attached hydrogen (secondary N) is 2. The third-order valence-electron chi connectivity index (χ3n) is 5.64. The van der Waals surface area contributed by atoms with Crippen molar-refractivity contribution in [1.29, 1.82) is 0 Å². The van der Waals surface area contributed by atoms with Crippen LogP contribution in [-0.4, -0.2) is 34.8 Å². The van der Waals surface area contributed by atoms with Crippen molar-refractivity contribution in [3.05, 3.63) is 70.7 Å². The zero-order valence-electron chi connectivity index (χ0n) is 16.0. The Bertz CT molecular complexity index is 944. The highest BCUT2D eigenvalue weighted by Gasteiger charge is 2.56. The number of halogens is 1. The molecule has 1 aliphatic carbocycles. The third-order valence-corrected chi connectivity index (χ3v) is 5.89. The smallest absolute Gasteiger partial charge is 0.325 e. The zero-order valence-corrected chi connectivity index (χ0v) is 16.8. The Kier molecular flexibility index (Phi) is 5.04. The molecule has 0 spiro atoms. The molecule has 150 valence electrons. The summed E-state index contributed by atoms with van der Waals surface area (Å²) < 4.78 is 0. The Hall–Kier alpha value is -2.86. The van der Waals surface area contributed by atoms with Gasteiger partial charge in [-0.15, -0.1) is 0 Å². The van der Waals surface area contributed by atoms with Gasteiger partial charge in [0, 0.05) is 5.02 Å². The van der Waals surface area contributed by atoms with Crippen molar-refractivity contribution >= 4 is 29.4 Å². The Labute approximate surface area is 174 Å². The molecule has 2 aromatic carbocycles. The first kappa shape index (κ1) is 19.5. The van der Waals surface area contributed by atoms with Crippen LogP contribution in [0.3, 0.4) is 0 Å². The van der Waals surface area contributed by atoms with Gasteiger partial charge in [-0.25, -0.2) is 4.79 Å². The predicted octanol–water partition coefficient (Wildman–Crippen LogP) is 3.27. The highest BCUT2D eigenvalue weighted by molar-refractivity contribution is 6.30. The van der Waals surface area contributed by atoms with E-state index in [1.807, 2.05) is 42.5 Å². The molecule has 0 bridgehead atoms. The zero-order chi connectivity index (χ0) is 20.6. The van der Waals surface area contributed by atoms with E-state index in [9.17, 15) is 14.4 Å². The van der Waals surface area contributed by atoms with E-state index in [1.165, 1.54) is 0 Å². The monoisotopic (exact) mass is 411 g/mol. The number of hydrogen-bond donors (Lipinski definition) is 2. The van der Waals surface area contributed by atoms with Gasteiger partial charge in [-0.1, -0.05) is 54.1 Å². The first-order valence-corrected chi connectivity index (χ1v) is 10.00. The average Bonchev–Trinajstić information content (AvgIpc) is 3.54. The van der Waals surface area contributed by atoms with E-state index in [0.717, 1.165) is 28.9 Å². The molecule has 2 aliphatic rings. The summed E-state index contributed by atoms with van der Waals surface area (Å²) in [5.74, 6) is -0.585. The Morgan fingerprint density at radius 1 is 1.14 bits per heavy atom. The standard InChI is InChI=1S/C22H22ClN3O3/c1-22(16-9-10-16)20(28)26(21(29)25-22)13-18(27)24-19(14-5-3-2-4-6-14)15-7-11-17(23)12-8-15/h2-8,11-12,16,19H,9-10,13H2,1H3,(H,24,27)(H,25,29)/t19-,22+/m1/s1. The van der Waals surface area contributed by atoms with Gasteiger partial charge >= 0.3 is 6.03 Å².